The Labute approximate surface area is 101 Å². The topological polar surface area (TPSA) is 15.3 Å². The molecule has 0 unspecified atom stereocenters. The molecule has 0 aliphatic heterocycles. The Balaban J connectivity index is 2.20. The van der Waals surface area contributed by atoms with Crippen molar-refractivity contribution >= 4 is 0 Å². The highest BCUT2D eigenvalue weighted by Gasteiger charge is 2.23. The largest absolute Gasteiger partial charge is 0.311 e. The Morgan fingerprint density at radius 2 is 2.12 bits per heavy atom. The van der Waals surface area contributed by atoms with Crippen LogP contribution in [0.25, 0.3) is 0 Å². The SMILES string of the molecule is C=C(CNC(C)C)CN(CCC)CC1CC1. The fourth-order valence-electron chi connectivity index (χ4n) is 1.94. The zero-order valence-electron chi connectivity index (χ0n) is 11.3. The molecule has 0 bridgehead atoms. The molecule has 0 amide bonds. The third-order valence-electron chi connectivity index (χ3n) is 2.96. The minimum Gasteiger partial charge on any atom is -0.311 e. The van der Waals surface area contributed by atoms with Crippen molar-refractivity contribution < 1.29 is 0 Å². The predicted molar refractivity (Wildman–Crippen MR) is 71.7 cm³/mol. The van der Waals surface area contributed by atoms with Gasteiger partial charge in [-0.2, -0.15) is 0 Å². The van der Waals surface area contributed by atoms with Gasteiger partial charge >= 0.3 is 0 Å². The average molecular weight is 224 g/mol. The molecule has 1 N–H and O–H groups in total. The summed E-state index contributed by atoms with van der Waals surface area (Å²) in [7, 11) is 0. The maximum Gasteiger partial charge on any atom is 0.0202 e. The molecule has 0 atom stereocenters. The first-order valence-corrected chi connectivity index (χ1v) is 6.74. The van der Waals surface area contributed by atoms with Crippen molar-refractivity contribution in [2.24, 2.45) is 5.92 Å². The van der Waals surface area contributed by atoms with Gasteiger partial charge in [0.1, 0.15) is 0 Å². The standard InChI is InChI=1S/C14H28N2/c1-5-8-16(11-14-6-7-14)10-13(4)9-15-12(2)3/h12,14-15H,4-11H2,1-3H3. The van der Waals surface area contributed by atoms with Crippen LogP contribution < -0.4 is 5.32 Å². The molecule has 2 nitrogen and oxygen atoms in total. The average Bonchev–Trinajstić information content (AvgIpc) is 2.99. The van der Waals surface area contributed by atoms with Gasteiger partial charge in [0.25, 0.3) is 0 Å². The van der Waals surface area contributed by atoms with E-state index in [4.69, 9.17) is 0 Å². The smallest absolute Gasteiger partial charge is 0.0202 e. The van der Waals surface area contributed by atoms with Crippen molar-refractivity contribution in [3.05, 3.63) is 12.2 Å². The number of hydrogen-bond acceptors (Lipinski definition) is 2. The van der Waals surface area contributed by atoms with E-state index < -0.39 is 0 Å². The third-order valence-corrected chi connectivity index (χ3v) is 2.96. The van der Waals surface area contributed by atoms with Gasteiger partial charge in [0.05, 0.1) is 0 Å². The normalized spacial score (nSPS) is 16.1. The molecule has 94 valence electrons. The second-order valence-corrected chi connectivity index (χ2v) is 5.46. The zero-order valence-corrected chi connectivity index (χ0v) is 11.3. The summed E-state index contributed by atoms with van der Waals surface area (Å²) in [4.78, 5) is 2.57. The van der Waals surface area contributed by atoms with E-state index in [1.165, 1.54) is 37.9 Å². The lowest BCUT2D eigenvalue weighted by atomic mass is 10.2. The first-order chi connectivity index (χ1) is 7.61. The number of hydrogen-bond donors (Lipinski definition) is 1. The summed E-state index contributed by atoms with van der Waals surface area (Å²) < 4.78 is 0. The van der Waals surface area contributed by atoms with E-state index in [9.17, 15) is 0 Å². The molecule has 1 aliphatic rings. The summed E-state index contributed by atoms with van der Waals surface area (Å²) in [6, 6.07) is 0.555. The van der Waals surface area contributed by atoms with E-state index in [1.54, 1.807) is 0 Å². The Morgan fingerprint density at radius 1 is 1.44 bits per heavy atom. The van der Waals surface area contributed by atoms with Gasteiger partial charge in [-0.15, -0.1) is 0 Å². The van der Waals surface area contributed by atoms with Crippen LogP contribution in [0, 0.1) is 5.92 Å². The van der Waals surface area contributed by atoms with Crippen molar-refractivity contribution in [1.82, 2.24) is 10.2 Å². The van der Waals surface area contributed by atoms with E-state index in [2.05, 4.69) is 37.6 Å². The van der Waals surface area contributed by atoms with Crippen LogP contribution in [-0.4, -0.2) is 37.1 Å². The molecule has 0 spiro atoms. The maximum atomic E-state index is 4.17. The molecular formula is C14H28N2. The van der Waals surface area contributed by atoms with Gasteiger partial charge in [0.2, 0.25) is 0 Å². The Morgan fingerprint density at radius 3 is 2.62 bits per heavy atom. The maximum absolute atomic E-state index is 4.17. The lowest BCUT2D eigenvalue weighted by molar-refractivity contribution is 0.282. The summed E-state index contributed by atoms with van der Waals surface area (Å²) >= 11 is 0. The van der Waals surface area contributed by atoms with E-state index in [-0.39, 0.29) is 0 Å². The first kappa shape index (κ1) is 13.7. The van der Waals surface area contributed by atoms with Crippen molar-refractivity contribution in [3.8, 4) is 0 Å². The molecule has 0 aromatic rings. The fourth-order valence-corrected chi connectivity index (χ4v) is 1.94. The number of nitrogens with one attached hydrogen (secondary N) is 1. The number of nitrogens with zero attached hydrogens (tertiary/aromatic N) is 1. The third kappa shape index (κ3) is 6.29. The van der Waals surface area contributed by atoms with Gasteiger partial charge in [-0.05, 0) is 37.3 Å². The minimum absolute atomic E-state index is 0.555. The highest BCUT2D eigenvalue weighted by atomic mass is 15.1. The number of rotatable bonds is 9. The van der Waals surface area contributed by atoms with Gasteiger partial charge in [-0.3, -0.25) is 4.90 Å². The summed E-state index contributed by atoms with van der Waals surface area (Å²) in [5, 5.41) is 3.44. The van der Waals surface area contributed by atoms with Crippen LogP contribution in [0.2, 0.25) is 0 Å². The lowest BCUT2D eigenvalue weighted by Gasteiger charge is -2.23. The van der Waals surface area contributed by atoms with Crippen LogP contribution >= 0.6 is 0 Å². The van der Waals surface area contributed by atoms with Crippen molar-refractivity contribution in [1.29, 1.82) is 0 Å². The Kier molecular flexibility index (Phi) is 6.07. The minimum atomic E-state index is 0.555. The highest BCUT2D eigenvalue weighted by molar-refractivity contribution is 5.00. The lowest BCUT2D eigenvalue weighted by Crippen LogP contribution is -2.33. The summed E-state index contributed by atoms with van der Waals surface area (Å²) in [5.41, 5.74) is 1.32. The fraction of sp³-hybridized carbons (Fsp3) is 0.857. The van der Waals surface area contributed by atoms with Crippen LogP contribution in [0.1, 0.15) is 40.0 Å². The van der Waals surface area contributed by atoms with Crippen LogP contribution in [0.3, 0.4) is 0 Å². The molecule has 0 aromatic carbocycles. The summed E-state index contributed by atoms with van der Waals surface area (Å²) in [5.74, 6) is 0.984. The van der Waals surface area contributed by atoms with E-state index >= 15 is 0 Å². The van der Waals surface area contributed by atoms with E-state index in [0.29, 0.717) is 6.04 Å². The molecule has 1 saturated carbocycles. The van der Waals surface area contributed by atoms with Crippen LogP contribution in [-0.2, 0) is 0 Å². The van der Waals surface area contributed by atoms with E-state index in [0.717, 1.165) is 19.0 Å². The molecule has 1 fully saturated rings. The van der Waals surface area contributed by atoms with Crippen LogP contribution in [0.5, 0.6) is 0 Å². The molecule has 0 heterocycles. The molecule has 0 radical (unpaired) electrons. The molecule has 2 heteroatoms. The Bertz CT molecular complexity index is 207. The first-order valence-electron chi connectivity index (χ1n) is 6.74. The molecule has 1 aliphatic carbocycles. The quantitative estimate of drug-likeness (QED) is 0.606. The predicted octanol–water partition coefficient (Wildman–Crippen LogP) is 2.66. The van der Waals surface area contributed by atoms with E-state index in [1.807, 2.05) is 0 Å². The zero-order chi connectivity index (χ0) is 12.0. The second kappa shape index (κ2) is 7.08. The highest BCUT2D eigenvalue weighted by Crippen LogP contribution is 2.29. The van der Waals surface area contributed by atoms with Gasteiger partial charge in [0, 0.05) is 25.7 Å². The summed E-state index contributed by atoms with van der Waals surface area (Å²) in [6.07, 6.45) is 4.13. The molecule has 16 heavy (non-hydrogen) atoms. The second-order valence-electron chi connectivity index (χ2n) is 5.46. The van der Waals surface area contributed by atoms with Crippen LogP contribution in [0.15, 0.2) is 12.2 Å². The van der Waals surface area contributed by atoms with Gasteiger partial charge in [0.15, 0.2) is 0 Å². The monoisotopic (exact) mass is 224 g/mol. The Hall–Kier alpha value is -0.340. The van der Waals surface area contributed by atoms with Gasteiger partial charge < -0.3 is 5.32 Å². The van der Waals surface area contributed by atoms with Crippen molar-refractivity contribution in [2.45, 2.75) is 46.1 Å². The molecule has 0 saturated heterocycles. The summed E-state index contributed by atoms with van der Waals surface area (Å²) in [6.45, 7) is 15.3. The van der Waals surface area contributed by atoms with Crippen molar-refractivity contribution in [3.63, 3.8) is 0 Å². The molecule has 1 rings (SSSR count). The van der Waals surface area contributed by atoms with Crippen molar-refractivity contribution in [2.75, 3.05) is 26.2 Å². The van der Waals surface area contributed by atoms with Gasteiger partial charge in [-0.1, -0.05) is 27.4 Å². The molecule has 0 aromatic heterocycles. The molecular weight excluding hydrogens is 196 g/mol. The van der Waals surface area contributed by atoms with Crippen LogP contribution in [0.4, 0.5) is 0 Å². The van der Waals surface area contributed by atoms with Gasteiger partial charge in [-0.25, -0.2) is 0 Å².